The molecule has 2 aromatic carbocycles. The van der Waals surface area contributed by atoms with Gasteiger partial charge >= 0.3 is 0 Å². The van der Waals surface area contributed by atoms with Gasteiger partial charge in [0.2, 0.25) is 11.9 Å². The van der Waals surface area contributed by atoms with E-state index >= 15 is 0 Å². The first kappa shape index (κ1) is 22.3. The van der Waals surface area contributed by atoms with Crippen LogP contribution in [-0.2, 0) is 4.79 Å². The largest absolute Gasteiger partial charge is 0.344 e. The van der Waals surface area contributed by atoms with Gasteiger partial charge in [0.05, 0.1) is 11.8 Å². The lowest BCUT2D eigenvalue weighted by atomic mass is 9.99. The maximum Gasteiger partial charge on any atom is 0.231 e. The molecule has 1 saturated heterocycles. The Morgan fingerprint density at radius 2 is 1.70 bits per heavy atom. The van der Waals surface area contributed by atoms with Crippen LogP contribution in [0.25, 0.3) is 0 Å². The van der Waals surface area contributed by atoms with Gasteiger partial charge in [0.1, 0.15) is 0 Å². The van der Waals surface area contributed by atoms with E-state index in [4.69, 9.17) is 11.6 Å². The number of hydrogen-bond acceptors (Lipinski definition) is 5. The van der Waals surface area contributed by atoms with Crippen molar-refractivity contribution in [3.05, 3.63) is 70.7 Å². The molecule has 8 heteroatoms. The highest BCUT2D eigenvalue weighted by Gasteiger charge is 2.32. The molecule has 0 radical (unpaired) electrons. The number of hydrogen-bond donors (Lipinski definition) is 1. The molecule has 33 heavy (non-hydrogen) atoms. The number of anilines is 1. The van der Waals surface area contributed by atoms with Gasteiger partial charge in [-0.15, -0.1) is 10.2 Å². The Kier molecular flexibility index (Phi) is 6.88. The first-order chi connectivity index (χ1) is 16.2. The Labute approximate surface area is 203 Å². The molecule has 0 spiro atoms. The van der Waals surface area contributed by atoms with Crippen molar-refractivity contribution in [1.82, 2.24) is 20.1 Å². The van der Waals surface area contributed by atoms with Crippen molar-refractivity contribution in [2.24, 2.45) is 0 Å². The van der Waals surface area contributed by atoms with Crippen LogP contribution in [0.1, 0.15) is 55.3 Å². The van der Waals surface area contributed by atoms with E-state index in [2.05, 4.69) is 25.0 Å². The summed E-state index contributed by atoms with van der Waals surface area (Å²) in [5.74, 6) is 1.24. The summed E-state index contributed by atoms with van der Waals surface area (Å²) in [4.78, 5) is 15.4. The highest BCUT2D eigenvalue weighted by atomic mass is 35.5. The van der Waals surface area contributed by atoms with Crippen LogP contribution in [-0.4, -0.2) is 39.5 Å². The smallest absolute Gasteiger partial charge is 0.231 e. The van der Waals surface area contributed by atoms with Gasteiger partial charge in [0.15, 0.2) is 5.16 Å². The van der Waals surface area contributed by atoms with E-state index in [1.54, 1.807) is 0 Å². The third-order valence-corrected chi connectivity index (χ3v) is 7.37. The molecule has 1 aliphatic carbocycles. The van der Waals surface area contributed by atoms with E-state index in [-0.39, 0.29) is 11.9 Å². The molecule has 5 rings (SSSR count). The zero-order valence-corrected chi connectivity index (χ0v) is 20.1. The fourth-order valence-corrected chi connectivity index (χ4v) is 5.26. The van der Waals surface area contributed by atoms with Gasteiger partial charge in [-0.2, -0.15) is 0 Å². The molecular weight excluding hydrogens is 454 g/mol. The zero-order chi connectivity index (χ0) is 22.6. The lowest BCUT2D eigenvalue weighted by Crippen LogP contribution is -2.32. The molecule has 1 saturated carbocycles. The Hall–Kier alpha value is -2.51. The highest BCUT2D eigenvalue weighted by molar-refractivity contribution is 7.99. The van der Waals surface area contributed by atoms with Crippen LogP contribution < -0.4 is 10.2 Å². The van der Waals surface area contributed by atoms with Crippen molar-refractivity contribution in [3.8, 4) is 0 Å². The van der Waals surface area contributed by atoms with Crippen molar-refractivity contribution in [2.45, 2.75) is 49.3 Å². The van der Waals surface area contributed by atoms with Crippen LogP contribution in [0.3, 0.4) is 0 Å². The van der Waals surface area contributed by atoms with Crippen molar-refractivity contribution in [1.29, 1.82) is 0 Å². The van der Waals surface area contributed by atoms with Gasteiger partial charge in [-0.1, -0.05) is 65.8 Å². The quantitative estimate of drug-likeness (QED) is 0.445. The minimum atomic E-state index is -0.234. The molecular formula is C25H28ClN5OS. The zero-order valence-electron chi connectivity index (χ0n) is 18.5. The average Bonchev–Trinajstić information content (AvgIpc) is 3.61. The summed E-state index contributed by atoms with van der Waals surface area (Å²) in [5, 5.41) is 13.7. The molecule has 1 aliphatic heterocycles. The SMILES string of the molecule is O=C(CSc1nnc(N2CCCCC2)n1C1CC1)NC(c1ccccc1)c1ccc(Cl)cc1. The highest BCUT2D eigenvalue weighted by Crippen LogP contribution is 2.41. The monoisotopic (exact) mass is 481 g/mol. The fraction of sp³-hybridized carbons (Fsp3) is 0.400. The number of piperidine rings is 1. The predicted molar refractivity (Wildman–Crippen MR) is 133 cm³/mol. The molecule has 2 aliphatic rings. The topological polar surface area (TPSA) is 63.1 Å². The summed E-state index contributed by atoms with van der Waals surface area (Å²) >= 11 is 7.55. The lowest BCUT2D eigenvalue weighted by Gasteiger charge is -2.27. The molecule has 1 aromatic heterocycles. The summed E-state index contributed by atoms with van der Waals surface area (Å²) in [5.41, 5.74) is 2.03. The van der Waals surface area contributed by atoms with Gasteiger partial charge in [0, 0.05) is 24.2 Å². The van der Waals surface area contributed by atoms with E-state index in [0.717, 1.165) is 48.2 Å². The van der Waals surface area contributed by atoms with Crippen LogP contribution in [0.15, 0.2) is 59.8 Å². The molecule has 1 atom stereocenters. The second-order valence-electron chi connectivity index (χ2n) is 8.68. The van der Waals surface area contributed by atoms with E-state index in [1.807, 2.05) is 54.6 Å². The minimum Gasteiger partial charge on any atom is -0.344 e. The van der Waals surface area contributed by atoms with Gasteiger partial charge in [-0.3, -0.25) is 9.36 Å². The number of carbonyl (C=O) groups is 1. The van der Waals surface area contributed by atoms with Crippen molar-refractivity contribution >= 4 is 35.2 Å². The Bertz CT molecular complexity index is 1080. The number of carbonyl (C=O) groups excluding carboxylic acids is 1. The third kappa shape index (κ3) is 5.36. The number of rotatable bonds is 8. The van der Waals surface area contributed by atoms with E-state index in [1.165, 1.54) is 31.0 Å². The number of aromatic nitrogens is 3. The third-order valence-electron chi connectivity index (χ3n) is 6.17. The first-order valence-electron chi connectivity index (χ1n) is 11.6. The van der Waals surface area contributed by atoms with Crippen LogP contribution in [0, 0.1) is 0 Å². The maximum atomic E-state index is 13.0. The van der Waals surface area contributed by atoms with Gasteiger partial charge in [-0.25, -0.2) is 0 Å². The fourth-order valence-electron chi connectivity index (χ4n) is 4.32. The molecule has 2 fully saturated rings. The molecule has 172 valence electrons. The normalized spacial score (nSPS) is 17.1. The summed E-state index contributed by atoms with van der Waals surface area (Å²) in [7, 11) is 0. The summed E-state index contributed by atoms with van der Waals surface area (Å²) in [6.07, 6.45) is 6.00. The van der Waals surface area contributed by atoms with Gasteiger partial charge in [-0.05, 0) is 55.4 Å². The average molecular weight is 482 g/mol. The molecule has 3 aromatic rings. The number of nitrogens with one attached hydrogen (secondary N) is 1. The van der Waals surface area contributed by atoms with Crippen molar-refractivity contribution in [2.75, 3.05) is 23.7 Å². The first-order valence-corrected chi connectivity index (χ1v) is 13.0. The Morgan fingerprint density at radius 3 is 2.39 bits per heavy atom. The maximum absolute atomic E-state index is 13.0. The Morgan fingerprint density at radius 1 is 1.00 bits per heavy atom. The van der Waals surface area contributed by atoms with E-state index in [9.17, 15) is 4.79 Å². The summed E-state index contributed by atoms with van der Waals surface area (Å²) in [6, 6.07) is 17.9. The number of halogens is 1. The van der Waals surface area contributed by atoms with Crippen LogP contribution in [0.2, 0.25) is 5.02 Å². The van der Waals surface area contributed by atoms with Crippen LogP contribution in [0.4, 0.5) is 5.95 Å². The summed E-state index contributed by atoms with van der Waals surface area (Å²) in [6.45, 7) is 2.08. The number of amides is 1. The van der Waals surface area contributed by atoms with E-state index < -0.39 is 0 Å². The van der Waals surface area contributed by atoms with Gasteiger partial charge in [0.25, 0.3) is 0 Å². The second-order valence-corrected chi connectivity index (χ2v) is 10.1. The van der Waals surface area contributed by atoms with Gasteiger partial charge < -0.3 is 10.2 Å². The molecule has 1 amide bonds. The number of nitrogens with zero attached hydrogens (tertiary/aromatic N) is 4. The standard InChI is InChI=1S/C25H28ClN5OS/c26-20-11-9-19(10-12-20)23(18-7-3-1-4-8-18)27-22(32)17-33-25-29-28-24(31(25)21-13-14-21)30-15-5-2-6-16-30/h1,3-4,7-12,21,23H,2,5-6,13-17H2,(H,27,32). The summed E-state index contributed by atoms with van der Waals surface area (Å²) < 4.78 is 2.26. The molecule has 0 bridgehead atoms. The number of thioether (sulfide) groups is 1. The lowest BCUT2D eigenvalue weighted by molar-refractivity contribution is -0.119. The number of benzene rings is 2. The van der Waals surface area contributed by atoms with Crippen LogP contribution >= 0.6 is 23.4 Å². The van der Waals surface area contributed by atoms with Crippen molar-refractivity contribution in [3.63, 3.8) is 0 Å². The van der Waals surface area contributed by atoms with Crippen molar-refractivity contribution < 1.29 is 4.79 Å². The van der Waals surface area contributed by atoms with E-state index in [0.29, 0.717) is 16.8 Å². The predicted octanol–water partition coefficient (Wildman–Crippen LogP) is 5.25. The van der Waals surface area contributed by atoms with Crippen LogP contribution in [0.5, 0.6) is 0 Å². The molecule has 1 N–H and O–H groups in total. The minimum absolute atomic E-state index is 0.0336. The second kappa shape index (κ2) is 10.2. The Balaban J connectivity index is 1.29. The molecule has 6 nitrogen and oxygen atoms in total. The molecule has 2 heterocycles. The molecule has 1 unspecified atom stereocenters.